The van der Waals surface area contributed by atoms with Crippen molar-refractivity contribution in [2.24, 2.45) is 5.41 Å². The Hall–Kier alpha value is -0.570. The summed E-state index contributed by atoms with van der Waals surface area (Å²) >= 11 is 0. The molecule has 0 spiro atoms. The van der Waals surface area contributed by atoms with E-state index in [9.17, 15) is 4.79 Å². The molecule has 0 aliphatic carbocycles. The molecule has 0 aromatic rings. The predicted octanol–water partition coefficient (Wildman–Crippen LogP) is 1.29. The molecule has 0 radical (unpaired) electrons. The summed E-state index contributed by atoms with van der Waals surface area (Å²) in [7, 11) is 0. The summed E-state index contributed by atoms with van der Waals surface area (Å²) in [5.74, 6) is 0.163. The molecule has 1 saturated heterocycles. The summed E-state index contributed by atoms with van der Waals surface area (Å²) in [5, 5.41) is 6.26. The van der Waals surface area contributed by atoms with E-state index < -0.39 is 0 Å². The SMILES string of the molecule is CCCNC(=O)C1NCCCC1(C)C. The minimum Gasteiger partial charge on any atom is -0.355 e. The highest BCUT2D eigenvalue weighted by atomic mass is 16.2. The van der Waals surface area contributed by atoms with Gasteiger partial charge in [0.05, 0.1) is 6.04 Å². The standard InChI is InChI=1S/C11H22N2O/c1-4-7-13-10(14)9-11(2,3)6-5-8-12-9/h9,12H,4-8H2,1-3H3,(H,13,14). The Bertz CT molecular complexity index is 201. The molecule has 1 aliphatic heterocycles. The molecule has 0 aromatic carbocycles. The van der Waals surface area contributed by atoms with Gasteiger partial charge in [0, 0.05) is 6.54 Å². The second-order valence-electron chi connectivity index (χ2n) is 4.77. The first-order valence-electron chi connectivity index (χ1n) is 5.59. The van der Waals surface area contributed by atoms with Crippen LogP contribution in [0.5, 0.6) is 0 Å². The monoisotopic (exact) mass is 198 g/mol. The lowest BCUT2D eigenvalue weighted by molar-refractivity contribution is -0.126. The quantitative estimate of drug-likeness (QED) is 0.717. The predicted molar refractivity (Wildman–Crippen MR) is 58.1 cm³/mol. The van der Waals surface area contributed by atoms with E-state index in [0.717, 1.165) is 25.9 Å². The Labute approximate surface area is 86.6 Å². The van der Waals surface area contributed by atoms with Crippen LogP contribution in [-0.2, 0) is 4.79 Å². The normalized spacial score (nSPS) is 25.8. The highest BCUT2D eigenvalue weighted by Crippen LogP contribution is 2.29. The van der Waals surface area contributed by atoms with Gasteiger partial charge in [-0.15, -0.1) is 0 Å². The molecule has 1 heterocycles. The van der Waals surface area contributed by atoms with E-state index in [4.69, 9.17) is 0 Å². The van der Waals surface area contributed by atoms with Crippen LogP contribution in [0.15, 0.2) is 0 Å². The van der Waals surface area contributed by atoms with Crippen LogP contribution in [0.25, 0.3) is 0 Å². The van der Waals surface area contributed by atoms with Crippen molar-refractivity contribution < 1.29 is 4.79 Å². The zero-order valence-corrected chi connectivity index (χ0v) is 9.52. The Kier molecular flexibility index (Phi) is 3.93. The average Bonchev–Trinajstić information content (AvgIpc) is 2.13. The van der Waals surface area contributed by atoms with Crippen LogP contribution in [0.1, 0.15) is 40.0 Å². The molecule has 82 valence electrons. The topological polar surface area (TPSA) is 41.1 Å². The van der Waals surface area contributed by atoms with Crippen LogP contribution in [0.3, 0.4) is 0 Å². The van der Waals surface area contributed by atoms with Crippen molar-refractivity contribution in [3.8, 4) is 0 Å². The fraction of sp³-hybridized carbons (Fsp3) is 0.909. The molecule has 0 bridgehead atoms. The van der Waals surface area contributed by atoms with E-state index in [1.54, 1.807) is 0 Å². The van der Waals surface area contributed by atoms with E-state index in [0.29, 0.717) is 0 Å². The van der Waals surface area contributed by atoms with Crippen LogP contribution in [0.4, 0.5) is 0 Å². The summed E-state index contributed by atoms with van der Waals surface area (Å²) < 4.78 is 0. The van der Waals surface area contributed by atoms with Gasteiger partial charge in [-0.05, 0) is 31.2 Å². The van der Waals surface area contributed by atoms with Gasteiger partial charge in [0.15, 0.2) is 0 Å². The van der Waals surface area contributed by atoms with Crippen LogP contribution < -0.4 is 10.6 Å². The lowest BCUT2D eigenvalue weighted by atomic mass is 9.77. The molecule has 0 saturated carbocycles. The van der Waals surface area contributed by atoms with Crippen molar-refractivity contribution in [2.75, 3.05) is 13.1 Å². The molecule has 1 amide bonds. The molecule has 2 N–H and O–H groups in total. The van der Waals surface area contributed by atoms with Gasteiger partial charge in [-0.3, -0.25) is 4.79 Å². The summed E-state index contributed by atoms with van der Waals surface area (Å²) in [5.41, 5.74) is 0.0933. The summed E-state index contributed by atoms with van der Waals surface area (Å²) in [4.78, 5) is 11.8. The lowest BCUT2D eigenvalue weighted by Crippen LogP contribution is -2.55. The van der Waals surface area contributed by atoms with Crippen molar-refractivity contribution in [1.82, 2.24) is 10.6 Å². The number of hydrogen-bond acceptors (Lipinski definition) is 2. The number of nitrogens with one attached hydrogen (secondary N) is 2. The molecule has 14 heavy (non-hydrogen) atoms. The number of carbonyl (C=O) groups excluding carboxylic acids is 1. The van der Waals surface area contributed by atoms with E-state index in [1.165, 1.54) is 6.42 Å². The van der Waals surface area contributed by atoms with Gasteiger partial charge >= 0.3 is 0 Å². The van der Waals surface area contributed by atoms with Gasteiger partial charge in [-0.25, -0.2) is 0 Å². The maximum Gasteiger partial charge on any atom is 0.237 e. The third-order valence-electron chi connectivity index (χ3n) is 2.94. The van der Waals surface area contributed by atoms with Gasteiger partial charge in [-0.1, -0.05) is 20.8 Å². The van der Waals surface area contributed by atoms with Crippen molar-refractivity contribution in [2.45, 2.75) is 46.1 Å². The summed E-state index contributed by atoms with van der Waals surface area (Å²) in [6, 6.07) is -0.0113. The van der Waals surface area contributed by atoms with Crippen LogP contribution >= 0.6 is 0 Å². The smallest absolute Gasteiger partial charge is 0.237 e. The zero-order chi connectivity index (χ0) is 10.6. The van der Waals surface area contributed by atoms with Gasteiger partial charge in [0.1, 0.15) is 0 Å². The number of amides is 1. The van der Waals surface area contributed by atoms with Crippen LogP contribution in [0.2, 0.25) is 0 Å². The third-order valence-corrected chi connectivity index (χ3v) is 2.94. The molecule has 3 nitrogen and oxygen atoms in total. The largest absolute Gasteiger partial charge is 0.355 e. The average molecular weight is 198 g/mol. The molecule has 1 rings (SSSR count). The second kappa shape index (κ2) is 4.78. The highest BCUT2D eigenvalue weighted by Gasteiger charge is 2.36. The number of hydrogen-bond donors (Lipinski definition) is 2. The molecule has 1 fully saturated rings. The number of rotatable bonds is 3. The van der Waals surface area contributed by atoms with Crippen LogP contribution in [0, 0.1) is 5.41 Å². The summed E-state index contributed by atoms with van der Waals surface area (Å²) in [6.07, 6.45) is 3.30. The van der Waals surface area contributed by atoms with Crippen molar-refractivity contribution in [3.63, 3.8) is 0 Å². The Morgan fingerprint density at radius 1 is 1.57 bits per heavy atom. The van der Waals surface area contributed by atoms with Crippen LogP contribution in [-0.4, -0.2) is 25.0 Å². The number of carbonyl (C=O) groups is 1. The molecular weight excluding hydrogens is 176 g/mol. The molecule has 0 aromatic heterocycles. The van der Waals surface area contributed by atoms with E-state index in [2.05, 4.69) is 31.4 Å². The molecule has 1 unspecified atom stereocenters. The van der Waals surface area contributed by atoms with Gasteiger partial charge in [0.2, 0.25) is 5.91 Å². The first-order valence-corrected chi connectivity index (χ1v) is 5.59. The first kappa shape index (κ1) is 11.5. The third kappa shape index (κ3) is 2.71. The summed E-state index contributed by atoms with van der Waals surface area (Å²) in [6.45, 7) is 8.14. The Morgan fingerprint density at radius 2 is 2.29 bits per heavy atom. The maximum atomic E-state index is 11.8. The Balaban J connectivity index is 2.51. The van der Waals surface area contributed by atoms with E-state index in [-0.39, 0.29) is 17.4 Å². The van der Waals surface area contributed by atoms with Crippen molar-refractivity contribution >= 4 is 5.91 Å². The minimum atomic E-state index is -0.0113. The number of piperidine rings is 1. The molecular formula is C11H22N2O. The lowest BCUT2D eigenvalue weighted by Gasteiger charge is -2.38. The van der Waals surface area contributed by atoms with E-state index in [1.807, 2.05) is 0 Å². The minimum absolute atomic E-state index is 0.0113. The fourth-order valence-electron chi connectivity index (χ4n) is 2.01. The molecule has 3 heteroatoms. The Morgan fingerprint density at radius 3 is 2.86 bits per heavy atom. The van der Waals surface area contributed by atoms with Gasteiger partial charge in [-0.2, -0.15) is 0 Å². The highest BCUT2D eigenvalue weighted by molar-refractivity contribution is 5.82. The van der Waals surface area contributed by atoms with Crippen molar-refractivity contribution in [1.29, 1.82) is 0 Å². The zero-order valence-electron chi connectivity index (χ0n) is 9.52. The molecule has 1 atom stereocenters. The fourth-order valence-corrected chi connectivity index (χ4v) is 2.01. The van der Waals surface area contributed by atoms with Gasteiger partial charge < -0.3 is 10.6 Å². The van der Waals surface area contributed by atoms with Crippen molar-refractivity contribution in [3.05, 3.63) is 0 Å². The first-order chi connectivity index (χ1) is 6.58. The molecule has 1 aliphatic rings. The van der Waals surface area contributed by atoms with E-state index >= 15 is 0 Å². The van der Waals surface area contributed by atoms with Gasteiger partial charge in [0.25, 0.3) is 0 Å². The second-order valence-corrected chi connectivity index (χ2v) is 4.77. The maximum absolute atomic E-state index is 11.8.